The number of hydrogen-bond donors (Lipinski definition) is 1. The molecule has 0 aliphatic carbocycles. The van der Waals surface area contributed by atoms with Crippen molar-refractivity contribution in [3.63, 3.8) is 0 Å². The molecule has 0 aromatic heterocycles. The minimum absolute atomic E-state index is 0.494. The van der Waals surface area contributed by atoms with Crippen molar-refractivity contribution in [2.24, 2.45) is 0 Å². The Morgan fingerprint density at radius 2 is 1.76 bits per heavy atom. The Morgan fingerprint density at radius 1 is 1.00 bits per heavy atom. The van der Waals surface area contributed by atoms with Crippen LogP contribution in [0.25, 0.3) is 10.8 Å². The van der Waals surface area contributed by atoms with Crippen molar-refractivity contribution in [3.05, 3.63) is 81.8 Å². The summed E-state index contributed by atoms with van der Waals surface area (Å²) in [5, 5.41) is 13.0. The number of aliphatic hydroxyl groups excluding tert-OH is 1. The van der Waals surface area contributed by atoms with E-state index in [0.29, 0.717) is 6.42 Å². The van der Waals surface area contributed by atoms with E-state index in [0.717, 1.165) is 15.6 Å². The molecule has 0 heterocycles. The Kier molecular flexibility index (Phi) is 4.09. The van der Waals surface area contributed by atoms with Gasteiger partial charge in [0.25, 0.3) is 0 Å². The van der Waals surface area contributed by atoms with Gasteiger partial charge in [-0.15, -0.1) is 0 Å². The fourth-order valence-corrected chi connectivity index (χ4v) is 3.38. The molecule has 3 rings (SSSR count). The molecule has 2 heteroatoms. The molecule has 0 fully saturated rings. The van der Waals surface area contributed by atoms with Crippen LogP contribution >= 0.6 is 15.9 Å². The van der Waals surface area contributed by atoms with Crippen LogP contribution in [0.4, 0.5) is 0 Å². The molecule has 0 bridgehead atoms. The molecule has 0 amide bonds. The normalized spacial score (nSPS) is 12.5. The first kappa shape index (κ1) is 14.3. The van der Waals surface area contributed by atoms with E-state index in [1.165, 1.54) is 16.3 Å². The highest BCUT2D eigenvalue weighted by atomic mass is 79.9. The molecule has 0 radical (unpaired) electrons. The predicted octanol–water partition coefficient (Wildman–Crippen LogP) is 5.19. The summed E-state index contributed by atoms with van der Waals surface area (Å²) >= 11 is 3.50. The first-order valence-corrected chi connectivity index (χ1v) is 7.84. The standard InChI is InChI=1S/C19H17BrO/c1-13-9-16(11-17(20)10-13)19(21)12-15-7-4-6-14-5-2-3-8-18(14)15/h2-11,19,21H,12H2,1H3. The molecular formula is C19H17BrO. The number of halogens is 1. The molecule has 0 aliphatic rings. The quantitative estimate of drug-likeness (QED) is 0.695. The van der Waals surface area contributed by atoms with E-state index in [4.69, 9.17) is 0 Å². The maximum atomic E-state index is 10.6. The van der Waals surface area contributed by atoms with Gasteiger partial charge in [0.2, 0.25) is 0 Å². The van der Waals surface area contributed by atoms with E-state index >= 15 is 0 Å². The number of fused-ring (bicyclic) bond motifs is 1. The van der Waals surface area contributed by atoms with Crippen LogP contribution < -0.4 is 0 Å². The molecule has 1 nitrogen and oxygen atoms in total. The molecule has 3 aromatic rings. The van der Waals surface area contributed by atoms with Gasteiger partial charge in [-0.05, 0) is 46.5 Å². The minimum Gasteiger partial charge on any atom is -0.388 e. The Bertz CT molecular complexity index is 754. The van der Waals surface area contributed by atoms with E-state index in [1.54, 1.807) is 0 Å². The minimum atomic E-state index is -0.494. The van der Waals surface area contributed by atoms with Gasteiger partial charge >= 0.3 is 0 Å². The summed E-state index contributed by atoms with van der Waals surface area (Å²) in [4.78, 5) is 0. The van der Waals surface area contributed by atoms with Crippen LogP contribution in [-0.4, -0.2) is 5.11 Å². The number of benzene rings is 3. The lowest BCUT2D eigenvalue weighted by Crippen LogP contribution is -2.03. The van der Waals surface area contributed by atoms with Gasteiger partial charge in [-0.1, -0.05) is 64.5 Å². The second-order valence-electron chi connectivity index (χ2n) is 5.42. The van der Waals surface area contributed by atoms with Crippen molar-refractivity contribution >= 4 is 26.7 Å². The second-order valence-corrected chi connectivity index (χ2v) is 6.34. The zero-order valence-electron chi connectivity index (χ0n) is 11.9. The molecule has 21 heavy (non-hydrogen) atoms. The molecule has 0 aliphatic heterocycles. The highest BCUT2D eigenvalue weighted by molar-refractivity contribution is 9.10. The third-order valence-electron chi connectivity index (χ3n) is 3.74. The highest BCUT2D eigenvalue weighted by Crippen LogP contribution is 2.26. The predicted molar refractivity (Wildman–Crippen MR) is 91.5 cm³/mol. The molecule has 0 spiro atoms. The monoisotopic (exact) mass is 340 g/mol. The highest BCUT2D eigenvalue weighted by Gasteiger charge is 2.11. The van der Waals surface area contributed by atoms with Crippen LogP contribution in [0.3, 0.4) is 0 Å². The van der Waals surface area contributed by atoms with Gasteiger partial charge < -0.3 is 5.11 Å². The largest absolute Gasteiger partial charge is 0.388 e. The Morgan fingerprint density at radius 3 is 2.57 bits per heavy atom. The van der Waals surface area contributed by atoms with Crippen LogP contribution in [0, 0.1) is 6.92 Å². The molecule has 3 aromatic carbocycles. The first-order chi connectivity index (χ1) is 10.1. The van der Waals surface area contributed by atoms with Gasteiger partial charge in [0, 0.05) is 10.9 Å². The molecule has 0 saturated carbocycles. The van der Waals surface area contributed by atoms with Crippen molar-refractivity contribution < 1.29 is 5.11 Å². The van der Waals surface area contributed by atoms with Crippen molar-refractivity contribution in [1.29, 1.82) is 0 Å². The van der Waals surface area contributed by atoms with Gasteiger partial charge in [0.05, 0.1) is 6.10 Å². The SMILES string of the molecule is Cc1cc(Br)cc(C(O)Cc2cccc3ccccc23)c1. The van der Waals surface area contributed by atoms with Crippen LogP contribution in [0.5, 0.6) is 0 Å². The van der Waals surface area contributed by atoms with Gasteiger partial charge in [0.15, 0.2) is 0 Å². The molecule has 1 unspecified atom stereocenters. The van der Waals surface area contributed by atoms with Crippen LogP contribution in [-0.2, 0) is 6.42 Å². The lowest BCUT2D eigenvalue weighted by Gasteiger charge is -2.14. The summed E-state index contributed by atoms with van der Waals surface area (Å²) in [5.74, 6) is 0. The molecule has 1 atom stereocenters. The fraction of sp³-hybridized carbons (Fsp3) is 0.158. The van der Waals surface area contributed by atoms with Crippen molar-refractivity contribution in [2.45, 2.75) is 19.4 Å². The zero-order chi connectivity index (χ0) is 14.8. The van der Waals surface area contributed by atoms with Crippen LogP contribution in [0.1, 0.15) is 22.8 Å². The summed E-state index contributed by atoms with van der Waals surface area (Å²) in [6.45, 7) is 2.04. The lowest BCUT2D eigenvalue weighted by atomic mass is 9.96. The Labute approximate surface area is 133 Å². The van der Waals surface area contributed by atoms with E-state index in [2.05, 4.69) is 46.3 Å². The topological polar surface area (TPSA) is 20.2 Å². The molecule has 0 saturated heterocycles. The summed E-state index contributed by atoms with van der Waals surface area (Å²) in [6.07, 6.45) is 0.129. The van der Waals surface area contributed by atoms with Crippen molar-refractivity contribution in [3.8, 4) is 0 Å². The average Bonchev–Trinajstić information content (AvgIpc) is 2.46. The number of aryl methyl sites for hydroxylation is 1. The van der Waals surface area contributed by atoms with Gasteiger partial charge in [-0.2, -0.15) is 0 Å². The van der Waals surface area contributed by atoms with Crippen LogP contribution in [0.15, 0.2) is 65.1 Å². The summed E-state index contributed by atoms with van der Waals surface area (Å²) in [6, 6.07) is 20.6. The van der Waals surface area contributed by atoms with Crippen molar-refractivity contribution in [2.75, 3.05) is 0 Å². The average molecular weight is 341 g/mol. The number of rotatable bonds is 3. The first-order valence-electron chi connectivity index (χ1n) is 7.05. The summed E-state index contributed by atoms with van der Waals surface area (Å²) < 4.78 is 1.01. The zero-order valence-corrected chi connectivity index (χ0v) is 13.5. The molecule has 1 N–H and O–H groups in total. The fourth-order valence-electron chi connectivity index (χ4n) is 2.75. The molecule has 106 valence electrons. The second kappa shape index (κ2) is 6.00. The molecular weight excluding hydrogens is 324 g/mol. The maximum Gasteiger partial charge on any atom is 0.0831 e. The third kappa shape index (κ3) is 3.17. The smallest absolute Gasteiger partial charge is 0.0831 e. The van der Waals surface area contributed by atoms with Gasteiger partial charge in [0.1, 0.15) is 0 Å². The Balaban J connectivity index is 1.94. The van der Waals surface area contributed by atoms with E-state index in [-0.39, 0.29) is 0 Å². The number of aliphatic hydroxyl groups is 1. The van der Waals surface area contributed by atoms with Crippen LogP contribution in [0.2, 0.25) is 0 Å². The maximum absolute atomic E-state index is 10.6. The third-order valence-corrected chi connectivity index (χ3v) is 4.20. The van der Waals surface area contributed by atoms with E-state index in [9.17, 15) is 5.11 Å². The summed E-state index contributed by atoms with van der Waals surface area (Å²) in [7, 11) is 0. The van der Waals surface area contributed by atoms with Gasteiger partial charge in [-0.3, -0.25) is 0 Å². The van der Waals surface area contributed by atoms with E-state index in [1.807, 2.05) is 37.3 Å². The van der Waals surface area contributed by atoms with E-state index < -0.39 is 6.10 Å². The lowest BCUT2D eigenvalue weighted by molar-refractivity contribution is 0.178. The number of hydrogen-bond acceptors (Lipinski definition) is 1. The Hall–Kier alpha value is -1.64. The summed E-state index contributed by atoms with van der Waals surface area (Å²) in [5.41, 5.74) is 3.28. The van der Waals surface area contributed by atoms with Crippen molar-refractivity contribution in [1.82, 2.24) is 0 Å². The van der Waals surface area contributed by atoms with Gasteiger partial charge in [-0.25, -0.2) is 0 Å².